The van der Waals surface area contributed by atoms with E-state index in [2.05, 4.69) is 5.32 Å². The van der Waals surface area contributed by atoms with Crippen molar-refractivity contribution in [3.8, 4) is 5.75 Å². The van der Waals surface area contributed by atoms with Gasteiger partial charge in [-0.2, -0.15) is 0 Å². The minimum absolute atomic E-state index is 0.0106. The number of aryl methyl sites for hydroxylation is 1. The molecule has 29 heavy (non-hydrogen) atoms. The molecular formula is C22H23NO6. The number of carboxylic acid groups (broad SMARTS) is 2. The summed E-state index contributed by atoms with van der Waals surface area (Å²) in [5.74, 6) is -2.37. The van der Waals surface area contributed by atoms with Crippen molar-refractivity contribution in [3.63, 3.8) is 0 Å². The smallest absolute Gasteiger partial charge is 0.335 e. The Morgan fingerprint density at radius 3 is 2.38 bits per heavy atom. The fourth-order valence-electron chi connectivity index (χ4n) is 3.61. The molecule has 1 aliphatic carbocycles. The normalized spacial score (nSPS) is 17.7. The van der Waals surface area contributed by atoms with Gasteiger partial charge in [0.2, 0.25) is 0 Å². The van der Waals surface area contributed by atoms with Crippen LogP contribution < -0.4 is 10.1 Å². The van der Waals surface area contributed by atoms with Gasteiger partial charge >= 0.3 is 11.9 Å². The minimum atomic E-state index is -1.55. The maximum absolute atomic E-state index is 13.0. The van der Waals surface area contributed by atoms with Gasteiger partial charge in [0.25, 0.3) is 5.91 Å². The lowest BCUT2D eigenvalue weighted by Crippen LogP contribution is -2.55. The summed E-state index contributed by atoms with van der Waals surface area (Å²) in [7, 11) is 0. The largest absolute Gasteiger partial charge is 0.490 e. The maximum Gasteiger partial charge on any atom is 0.335 e. The van der Waals surface area contributed by atoms with Crippen molar-refractivity contribution in [1.29, 1.82) is 0 Å². The maximum atomic E-state index is 13.0. The zero-order valence-corrected chi connectivity index (χ0v) is 16.5. The van der Waals surface area contributed by atoms with Crippen molar-refractivity contribution < 1.29 is 29.3 Å². The van der Waals surface area contributed by atoms with Gasteiger partial charge in [-0.1, -0.05) is 18.2 Å². The zero-order valence-electron chi connectivity index (χ0n) is 16.5. The molecule has 7 heteroatoms. The number of fused-ring (bicyclic) bond motifs is 1. The van der Waals surface area contributed by atoms with Crippen LogP contribution in [0.1, 0.15) is 51.3 Å². The third kappa shape index (κ3) is 3.94. The Hall–Kier alpha value is -3.35. The molecule has 0 radical (unpaired) electrons. The summed E-state index contributed by atoms with van der Waals surface area (Å²) in [5.41, 5.74) is 0.895. The van der Waals surface area contributed by atoms with Gasteiger partial charge in [0.15, 0.2) is 0 Å². The number of ether oxygens (including phenoxy) is 1. The average Bonchev–Trinajstić information content (AvgIpc) is 3.01. The van der Waals surface area contributed by atoms with Crippen LogP contribution in [-0.2, 0) is 17.6 Å². The minimum Gasteiger partial charge on any atom is -0.490 e. The Morgan fingerprint density at radius 2 is 1.76 bits per heavy atom. The summed E-state index contributed by atoms with van der Waals surface area (Å²) < 4.78 is 5.79. The SMILES string of the molecule is Cc1cccc(C(=O)NC2(C(=O)O)Cc3ccc(C(=O)O)cc3C2)c1OC(C)C. The number of nitrogens with one attached hydrogen (secondary N) is 1. The van der Waals surface area contributed by atoms with Crippen molar-refractivity contribution in [3.05, 3.63) is 64.2 Å². The van der Waals surface area contributed by atoms with Crippen molar-refractivity contribution in [2.45, 2.75) is 45.3 Å². The lowest BCUT2D eigenvalue weighted by atomic mass is 9.94. The van der Waals surface area contributed by atoms with Crippen LogP contribution in [0.5, 0.6) is 5.75 Å². The van der Waals surface area contributed by atoms with Gasteiger partial charge in [0.05, 0.1) is 17.2 Å². The van der Waals surface area contributed by atoms with E-state index in [1.54, 1.807) is 18.2 Å². The van der Waals surface area contributed by atoms with Gasteiger partial charge in [-0.3, -0.25) is 4.79 Å². The van der Waals surface area contributed by atoms with Gasteiger partial charge in [0, 0.05) is 12.8 Å². The molecule has 152 valence electrons. The van der Waals surface area contributed by atoms with Gasteiger partial charge in [0.1, 0.15) is 11.3 Å². The second-order valence-corrected chi connectivity index (χ2v) is 7.60. The highest BCUT2D eigenvalue weighted by molar-refractivity contribution is 6.01. The number of hydrogen-bond acceptors (Lipinski definition) is 4. The summed E-state index contributed by atoms with van der Waals surface area (Å²) in [5, 5.41) is 21.8. The Kier molecular flexibility index (Phi) is 5.33. The van der Waals surface area contributed by atoms with E-state index < -0.39 is 23.4 Å². The quantitative estimate of drug-likeness (QED) is 0.691. The molecule has 0 aliphatic heterocycles. The van der Waals surface area contributed by atoms with Crippen molar-refractivity contribution >= 4 is 17.8 Å². The van der Waals surface area contributed by atoms with E-state index in [0.717, 1.165) is 5.56 Å². The zero-order chi connectivity index (χ0) is 21.3. The first-order chi connectivity index (χ1) is 13.6. The summed E-state index contributed by atoms with van der Waals surface area (Å²) in [6, 6.07) is 9.65. The molecule has 0 bridgehead atoms. The monoisotopic (exact) mass is 397 g/mol. The van der Waals surface area contributed by atoms with E-state index >= 15 is 0 Å². The van der Waals surface area contributed by atoms with Gasteiger partial charge in [-0.25, -0.2) is 9.59 Å². The second-order valence-electron chi connectivity index (χ2n) is 7.60. The first-order valence-electron chi connectivity index (χ1n) is 9.30. The molecule has 1 atom stereocenters. The highest BCUT2D eigenvalue weighted by Crippen LogP contribution is 2.33. The summed E-state index contributed by atoms with van der Waals surface area (Å²) in [4.78, 5) is 36.4. The van der Waals surface area contributed by atoms with Gasteiger partial charge in [-0.05, 0) is 55.7 Å². The molecule has 0 heterocycles. The van der Waals surface area contributed by atoms with Crippen LogP contribution in [0, 0.1) is 6.92 Å². The van der Waals surface area contributed by atoms with Crippen LogP contribution in [0.15, 0.2) is 36.4 Å². The van der Waals surface area contributed by atoms with E-state index in [-0.39, 0.29) is 30.1 Å². The van der Waals surface area contributed by atoms with E-state index in [0.29, 0.717) is 16.9 Å². The van der Waals surface area contributed by atoms with Crippen LogP contribution in [0.2, 0.25) is 0 Å². The molecule has 2 aromatic rings. The first kappa shape index (κ1) is 20.4. The molecule has 1 unspecified atom stereocenters. The molecule has 1 aliphatic rings. The molecule has 0 saturated heterocycles. The fraction of sp³-hybridized carbons (Fsp3) is 0.318. The number of carboxylic acids is 2. The Labute approximate surface area is 168 Å². The molecule has 2 aromatic carbocycles. The van der Waals surface area contributed by atoms with Crippen molar-refractivity contribution in [2.24, 2.45) is 0 Å². The van der Waals surface area contributed by atoms with Crippen LogP contribution in [-0.4, -0.2) is 39.7 Å². The highest BCUT2D eigenvalue weighted by Gasteiger charge is 2.46. The summed E-state index contributed by atoms with van der Waals surface area (Å²) in [6.07, 6.45) is -0.0621. The van der Waals surface area contributed by atoms with E-state index in [4.69, 9.17) is 4.74 Å². The van der Waals surface area contributed by atoms with Crippen LogP contribution in [0.25, 0.3) is 0 Å². The molecule has 0 fully saturated rings. The summed E-state index contributed by atoms with van der Waals surface area (Å²) >= 11 is 0. The topological polar surface area (TPSA) is 113 Å². The number of aromatic carboxylic acids is 1. The van der Waals surface area contributed by atoms with E-state index in [1.165, 1.54) is 12.1 Å². The van der Waals surface area contributed by atoms with Crippen molar-refractivity contribution in [1.82, 2.24) is 5.32 Å². The number of amides is 1. The van der Waals surface area contributed by atoms with E-state index in [9.17, 15) is 24.6 Å². The highest BCUT2D eigenvalue weighted by atomic mass is 16.5. The van der Waals surface area contributed by atoms with Crippen LogP contribution in [0.4, 0.5) is 0 Å². The number of carbonyl (C=O) groups is 3. The van der Waals surface area contributed by atoms with Gasteiger partial charge < -0.3 is 20.3 Å². The van der Waals surface area contributed by atoms with E-state index in [1.807, 2.05) is 26.8 Å². The molecular weight excluding hydrogens is 374 g/mol. The molecule has 0 saturated carbocycles. The van der Waals surface area contributed by atoms with Crippen LogP contribution in [0.3, 0.4) is 0 Å². The number of aliphatic carboxylic acids is 1. The lowest BCUT2D eigenvalue weighted by molar-refractivity contribution is -0.144. The predicted molar refractivity (Wildman–Crippen MR) is 106 cm³/mol. The number of para-hydroxylation sites is 1. The third-order valence-electron chi connectivity index (χ3n) is 5.01. The fourth-order valence-corrected chi connectivity index (χ4v) is 3.61. The molecule has 0 aromatic heterocycles. The molecule has 1 amide bonds. The Balaban J connectivity index is 1.93. The van der Waals surface area contributed by atoms with Gasteiger partial charge in [-0.15, -0.1) is 0 Å². The summed E-state index contributed by atoms with van der Waals surface area (Å²) in [6.45, 7) is 5.52. The molecule has 3 N–H and O–H groups in total. The second kappa shape index (κ2) is 7.58. The first-order valence-corrected chi connectivity index (χ1v) is 9.30. The van der Waals surface area contributed by atoms with Crippen molar-refractivity contribution in [2.75, 3.05) is 0 Å². The standard InChI is InChI=1S/C22H23NO6/c1-12(2)29-18-13(3)5-4-6-17(18)19(24)23-22(21(27)28)10-15-8-7-14(20(25)26)9-16(15)11-22/h4-9,12H,10-11H2,1-3H3,(H,23,24)(H,25,26)(H,27,28). The Morgan fingerprint density at radius 1 is 1.07 bits per heavy atom. The predicted octanol–water partition coefficient (Wildman–Crippen LogP) is 2.83. The van der Waals surface area contributed by atoms with Crippen LogP contribution >= 0.6 is 0 Å². The molecule has 7 nitrogen and oxygen atoms in total. The number of carbonyl (C=O) groups excluding carboxylic acids is 1. The number of rotatable bonds is 6. The third-order valence-corrected chi connectivity index (χ3v) is 5.01. The molecule has 3 rings (SSSR count). The average molecular weight is 397 g/mol. The Bertz CT molecular complexity index is 997. The number of benzene rings is 2. The molecule has 0 spiro atoms. The lowest BCUT2D eigenvalue weighted by Gasteiger charge is -2.26. The number of hydrogen-bond donors (Lipinski definition) is 3.